The number of halogens is 1. The van der Waals surface area contributed by atoms with E-state index in [4.69, 9.17) is 0 Å². The molecule has 51 valence electrons. The summed E-state index contributed by atoms with van der Waals surface area (Å²) in [5.41, 5.74) is 4.35. The molecule has 1 aliphatic rings. The van der Waals surface area contributed by atoms with Crippen LogP contribution < -0.4 is 17.0 Å². The summed E-state index contributed by atoms with van der Waals surface area (Å²) in [4.78, 5) is 0. The van der Waals surface area contributed by atoms with Gasteiger partial charge < -0.3 is 17.0 Å². The van der Waals surface area contributed by atoms with Gasteiger partial charge in [-0.1, -0.05) is 18.6 Å². The molecule has 0 unspecified atom stereocenters. The van der Waals surface area contributed by atoms with E-state index in [1.165, 1.54) is 5.57 Å². The Balaban J connectivity index is 0. The second-order valence-electron chi connectivity index (χ2n) is 1.76. The van der Waals surface area contributed by atoms with E-state index in [1.807, 2.05) is 12.2 Å². The molecule has 1 radical (unpaired) electrons. The van der Waals surface area contributed by atoms with Crippen LogP contribution in [0.3, 0.4) is 0 Å². The minimum Gasteiger partial charge on any atom is -1.00 e. The fourth-order valence-electron chi connectivity index (χ4n) is 0.657. The number of allylic oxidation sites excluding steroid dienone is 3. The molecule has 0 atom stereocenters. The first-order chi connectivity index (χ1) is 3.93. The summed E-state index contributed by atoms with van der Waals surface area (Å²) < 4.78 is 0. The van der Waals surface area contributed by atoms with Crippen molar-refractivity contribution in [2.75, 3.05) is 0 Å². The molecular formula is C8H9BrZn-. The minimum atomic E-state index is 0. The predicted octanol–water partition coefficient (Wildman–Crippen LogP) is -0.747. The average Bonchev–Trinajstić information content (AvgIpc) is 1.90. The normalized spacial score (nSPS) is 13.1. The van der Waals surface area contributed by atoms with Gasteiger partial charge in [0.2, 0.25) is 0 Å². The standard InChI is InChI=1S/C8H9.BrH.Zn/c1-2-8-6-4-3-5-7-8;;/h4-7H,2H2,1H3;1H;/p-1. The van der Waals surface area contributed by atoms with Crippen LogP contribution in [0.4, 0.5) is 0 Å². The number of rotatable bonds is 1. The Morgan fingerprint density at radius 3 is 2.40 bits per heavy atom. The maximum absolute atomic E-state index is 2.97. The summed E-state index contributed by atoms with van der Waals surface area (Å²) in [6.07, 6.45) is 9.17. The van der Waals surface area contributed by atoms with Crippen molar-refractivity contribution in [1.29, 1.82) is 0 Å². The molecule has 0 amide bonds. The van der Waals surface area contributed by atoms with Crippen LogP contribution in [-0.4, -0.2) is 0 Å². The van der Waals surface area contributed by atoms with Crippen molar-refractivity contribution in [2.45, 2.75) is 13.3 Å². The first-order valence-corrected chi connectivity index (χ1v) is 2.88. The van der Waals surface area contributed by atoms with Gasteiger partial charge in [0.05, 0.1) is 0 Å². The van der Waals surface area contributed by atoms with Crippen molar-refractivity contribution in [3.05, 3.63) is 36.0 Å². The maximum atomic E-state index is 2.97. The molecule has 0 aromatic heterocycles. The van der Waals surface area contributed by atoms with Gasteiger partial charge in [0.1, 0.15) is 0 Å². The molecule has 0 aliphatic heterocycles. The summed E-state index contributed by atoms with van der Waals surface area (Å²) >= 11 is 0. The molecule has 0 heterocycles. The third-order valence-electron chi connectivity index (χ3n) is 1.20. The second-order valence-corrected chi connectivity index (χ2v) is 1.76. The summed E-state index contributed by atoms with van der Waals surface area (Å²) in [6, 6.07) is 0. The molecule has 0 spiro atoms. The molecule has 0 fully saturated rings. The third-order valence-corrected chi connectivity index (χ3v) is 1.20. The Bertz CT molecular complexity index is 164. The van der Waals surface area contributed by atoms with Gasteiger partial charge in [-0.05, 0) is 18.6 Å². The largest absolute Gasteiger partial charge is 1.00 e. The van der Waals surface area contributed by atoms with Gasteiger partial charge in [0.25, 0.3) is 0 Å². The Kier molecular flexibility index (Phi) is 9.70. The van der Waals surface area contributed by atoms with Crippen LogP contribution in [-0.2, 0) is 19.5 Å². The van der Waals surface area contributed by atoms with E-state index in [1.54, 1.807) is 0 Å². The molecular weight excluding hydrogens is 241 g/mol. The average molecular weight is 250 g/mol. The minimum absolute atomic E-state index is 0. The quantitative estimate of drug-likeness (QED) is 0.425. The van der Waals surface area contributed by atoms with Crippen molar-refractivity contribution < 1.29 is 36.5 Å². The smallest absolute Gasteiger partial charge is 0.0162 e. The van der Waals surface area contributed by atoms with Crippen LogP contribution in [0.25, 0.3) is 0 Å². The van der Waals surface area contributed by atoms with E-state index in [9.17, 15) is 0 Å². The van der Waals surface area contributed by atoms with Crippen LogP contribution in [0.2, 0.25) is 0 Å². The van der Waals surface area contributed by atoms with Gasteiger partial charge in [-0.2, -0.15) is 0 Å². The molecule has 0 N–H and O–H groups in total. The Labute approximate surface area is 85.6 Å². The van der Waals surface area contributed by atoms with Crippen LogP contribution >= 0.6 is 0 Å². The molecule has 0 aromatic carbocycles. The van der Waals surface area contributed by atoms with Crippen molar-refractivity contribution in [2.24, 2.45) is 0 Å². The van der Waals surface area contributed by atoms with Crippen LogP contribution in [0.5, 0.6) is 0 Å². The number of hydrogen-bond donors (Lipinski definition) is 0. The zero-order valence-corrected chi connectivity index (χ0v) is 10.7. The summed E-state index contributed by atoms with van der Waals surface area (Å²) in [6.45, 7) is 2.15. The van der Waals surface area contributed by atoms with Gasteiger partial charge >= 0.3 is 0 Å². The monoisotopic (exact) mass is 248 g/mol. The fraction of sp³-hybridized carbons (Fsp3) is 0.250. The molecule has 1 rings (SSSR count). The first-order valence-electron chi connectivity index (χ1n) is 2.88. The summed E-state index contributed by atoms with van der Waals surface area (Å²) in [5, 5.41) is 0. The first kappa shape index (κ1) is 13.0. The SMILES string of the molecule is CCC1=CC=C=C[CH]1.[Br-].[Zn]. The van der Waals surface area contributed by atoms with E-state index in [0.29, 0.717) is 0 Å². The molecule has 0 bridgehead atoms. The van der Waals surface area contributed by atoms with E-state index in [0.717, 1.165) is 6.42 Å². The third kappa shape index (κ3) is 4.22. The van der Waals surface area contributed by atoms with Gasteiger partial charge in [0.15, 0.2) is 0 Å². The van der Waals surface area contributed by atoms with Crippen LogP contribution in [0.1, 0.15) is 13.3 Å². The molecule has 2 heteroatoms. The van der Waals surface area contributed by atoms with E-state index in [2.05, 4.69) is 25.2 Å². The number of hydrogen-bond acceptors (Lipinski definition) is 0. The summed E-state index contributed by atoms with van der Waals surface area (Å²) in [7, 11) is 0. The van der Waals surface area contributed by atoms with Gasteiger partial charge in [-0.3, -0.25) is 0 Å². The van der Waals surface area contributed by atoms with Gasteiger partial charge in [0, 0.05) is 25.9 Å². The zero-order valence-electron chi connectivity index (χ0n) is 6.10. The Morgan fingerprint density at radius 2 is 2.10 bits per heavy atom. The van der Waals surface area contributed by atoms with Crippen LogP contribution in [0.15, 0.2) is 29.5 Å². The maximum Gasteiger partial charge on any atom is 0.0162 e. The van der Waals surface area contributed by atoms with Crippen molar-refractivity contribution in [1.82, 2.24) is 0 Å². The molecule has 0 saturated carbocycles. The molecule has 1 aliphatic carbocycles. The van der Waals surface area contributed by atoms with E-state index < -0.39 is 0 Å². The van der Waals surface area contributed by atoms with Crippen molar-refractivity contribution in [3.8, 4) is 0 Å². The molecule has 10 heavy (non-hydrogen) atoms. The van der Waals surface area contributed by atoms with Gasteiger partial charge in [-0.15, -0.1) is 5.73 Å². The Morgan fingerprint density at radius 1 is 1.40 bits per heavy atom. The Hall–Kier alpha value is 0.363. The molecule has 0 nitrogen and oxygen atoms in total. The molecule has 0 aromatic rings. The predicted molar refractivity (Wildman–Crippen MR) is 35.3 cm³/mol. The van der Waals surface area contributed by atoms with Crippen molar-refractivity contribution in [3.63, 3.8) is 0 Å². The topological polar surface area (TPSA) is 0 Å². The second kappa shape index (κ2) is 7.47. The van der Waals surface area contributed by atoms with Crippen molar-refractivity contribution >= 4 is 0 Å². The fourth-order valence-corrected chi connectivity index (χ4v) is 0.657. The zero-order chi connectivity index (χ0) is 5.82. The summed E-state index contributed by atoms with van der Waals surface area (Å²) in [5.74, 6) is 0. The van der Waals surface area contributed by atoms with E-state index in [-0.39, 0.29) is 36.5 Å². The molecule has 0 saturated heterocycles. The van der Waals surface area contributed by atoms with E-state index >= 15 is 0 Å². The van der Waals surface area contributed by atoms with Gasteiger partial charge in [-0.25, -0.2) is 0 Å². The van der Waals surface area contributed by atoms with Crippen LogP contribution in [0, 0.1) is 6.42 Å².